The molecule has 0 saturated heterocycles. The minimum absolute atomic E-state index is 0.0120. The first-order chi connectivity index (χ1) is 11.5. The van der Waals surface area contributed by atoms with E-state index in [1.807, 2.05) is 18.2 Å². The van der Waals surface area contributed by atoms with E-state index in [0.29, 0.717) is 6.61 Å². The molecule has 0 spiro atoms. The van der Waals surface area contributed by atoms with Crippen molar-refractivity contribution in [3.8, 4) is 0 Å². The van der Waals surface area contributed by atoms with Crippen molar-refractivity contribution >= 4 is 26.6 Å². The number of sulfone groups is 1. The monoisotopic (exact) mass is 344 g/mol. The van der Waals surface area contributed by atoms with Crippen molar-refractivity contribution in [3.05, 3.63) is 59.5 Å². The summed E-state index contributed by atoms with van der Waals surface area (Å²) in [6.07, 6.45) is 3.29. The van der Waals surface area contributed by atoms with Crippen LogP contribution in [0.15, 0.2) is 53.9 Å². The van der Waals surface area contributed by atoms with E-state index in [1.165, 1.54) is 21.7 Å². The van der Waals surface area contributed by atoms with Gasteiger partial charge in [0.2, 0.25) is 0 Å². The molecule has 1 unspecified atom stereocenters. The van der Waals surface area contributed by atoms with Gasteiger partial charge < -0.3 is 4.74 Å². The predicted molar refractivity (Wildman–Crippen MR) is 94.3 cm³/mol. The van der Waals surface area contributed by atoms with Crippen LogP contribution in [0.4, 0.5) is 0 Å². The molecule has 4 nitrogen and oxygen atoms in total. The number of fused-ring (bicyclic) bond motifs is 1. The number of carbonyl (C=O) groups excluding carboxylic acids is 1. The second kappa shape index (κ2) is 7.18. The molecule has 2 aromatic carbocycles. The highest BCUT2D eigenvalue weighted by atomic mass is 32.2. The number of allylic oxidation sites excluding steroid dienone is 1. The summed E-state index contributed by atoms with van der Waals surface area (Å²) in [7, 11) is -3.11. The molecule has 1 aliphatic heterocycles. The van der Waals surface area contributed by atoms with Gasteiger partial charge in [0.15, 0.2) is 9.84 Å². The molecule has 0 fully saturated rings. The molecular formula is C19H20O4S. The van der Waals surface area contributed by atoms with Gasteiger partial charge in [-0.15, -0.1) is 0 Å². The number of hydrogen-bond donors (Lipinski definition) is 0. The third-order valence-electron chi connectivity index (χ3n) is 4.17. The first kappa shape index (κ1) is 16.7. The second-order valence-corrected chi connectivity index (χ2v) is 8.02. The van der Waals surface area contributed by atoms with Crippen molar-refractivity contribution in [3.63, 3.8) is 0 Å². The third-order valence-corrected chi connectivity index (χ3v) is 5.63. The molecule has 1 heterocycles. The molecule has 24 heavy (non-hydrogen) atoms. The maximum absolute atomic E-state index is 11.8. The van der Waals surface area contributed by atoms with Gasteiger partial charge in [0.25, 0.3) is 0 Å². The zero-order valence-corrected chi connectivity index (χ0v) is 14.2. The van der Waals surface area contributed by atoms with Crippen LogP contribution in [0.5, 0.6) is 0 Å². The first-order valence-electron chi connectivity index (χ1n) is 8.07. The molecule has 3 rings (SSSR count). The Morgan fingerprint density at radius 2 is 1.92 bits per heavy atom. The molecule has 0 radical (unpaired) electrons. The van der Waals surface area contributed by atoms with Gasteiger partial charge in [-0.25, -0.2) is 8.42 Å². The van der Waals surface area contributed by atoms with Crippen LogP contribution >= 0.6 is 0 Å². The van der Waals surface area contributed by atoms with Crippen LogP contribution in [0.1, 0.15) is 18.4 Å². The van der Waals surface area contributed by atoms with Crippen molar-refractivity contribution in [2.45, 2.75) is 19.3 Å². The third kappa shape index (κ3) is 4.23. The lowest BCUT2D eigenvalue weighted by atomic mass is 10.0. The SMILES string of the molecule is O=C(CC1C=CS(=O)(=O)C1)OCCCc1cccc2ccccc12. The van der Waals surface area contributed by atoms with E-state index >= 15 is 0 Å². The molecule has 0 aliphatic carbocycles. The van der Waals surface area contributed by atoms with Gasteiger partial charge in [-0.3, -0.25) is 4.79 Å². The quantitative estimate of drug-likeness (QED) is 0.596. The second-order valence-electron chi connectivity index (χ2n) is 6.08. The number of carbonyl (C=O) groups is 1. The van der Waals surface area contributed by atoms with Crippen LogP contribution in [0.25, 0.3) is 10.8 Å². The van der Waals surface area contributed by atoms with Gasteiger partial charge in [0.1, 0.15) is 0 Å². The van der Waals surface area contributed by atoms with Crippen LogP contribution in [0.3, 0.4) is 0 Å². The maximum Gasteiger partial charge on any atom is 0.306 e. The Morgan fingerprint density at radius 1 is 1.12 bits per heavy atom. The highest BCUT2D eigenvalue weighted by Gasteiger charge is 2.24. The summed E-state index contributed by atoms with van der Waals surface area (Å²) in [4.78, 5) is 11.8. The van der Waals surface area contributed by atoms with E-state index in [9.17, 15) is 13.2 Å². The van der Waals surface area contributed by atoms with Gasteiger partial charge in [-0.2, -0.15) is 0 Å². The molecule has 0 N–H and O–H groups in total. The van der Waals surface area contributed by atoms with E-state index in [2.05, 4.69) is 24.3 Å². The van der Waals surface area contributed by atoms with Gasteiger partial charge in [-0.05, 0) is 29.2 Å². The lowest BCUT2D eigenvalue weighted by molar-refractivity contribution is -0.144. The van der Waals surface area contributed by atoms with Crippen LogP contribution < -0.4 is 0 Å². The van der Waals surface area contributed by atoms with E-state index in [1.54, 1.807) is 6.08 Å². The Kier molecular flexibility index (Phi) is 5.00. The molecule has 1 atom stereocenters. The minimum atomic E-state index is -3.11. The van der Waals surface area contributed by atoms with Crippen LogP contribution in [0, 0.1) is 5.92 Å². The summed E-state index contributed by atoms with van der Waals surface area (Å²) in [5.74, 6) is -0.571. The number of benzene rings is 2. The normalized spacial score (nSPS) is 18.8. The maximum atomic E-state index is 11.8. The molecule has 0 amide bonds. The molecule has 1 aliphatic rings. The zero-order valence-electron chi connectivity index (χ0n) is 13.4. The molecular weight excluding hydrogens is 324 g/mol. The Balaban J connectivity index is 1.45. The summed E-state index contributed by atoms with van der Waals surface area (Å²) in [5.41, 5.74) is 1.24. The number of rotatable bonds is 6. The summed E-state index contributed by atoms with van der Waals surface area (Å²) < 4.78 is 27.9. The fourth-order valence-electron chi connectivity index (χ4n) is 3.00. The van der Waals surface area contributed by atoms with Gasteiger partial charge in [-0.1, -0.05) is 48.5 Å². The Morgan fingerprint density at radius 3 is 2.71 bits per heavy atom. The fraction of sp³-hybridized carbons (Fsp3) is 0.316. The number of esters is 1. The molecule has 2 aromatic rings. The summed E-state index contributed by atoms with van der Waals surface area (Å²) in [6.45, 7) is 0.352. The van der Waals surface area contributed by atoms with E-state index in [0.717, 1.165) is 12.8 Å². The van der Waals surface area contributed by atoms with Crippen molar-refractivity contribution in [2.24, 2.45) is 5.92 Å². The minimum Gasteiger partial charge on any atom is -0.466 e. The van der Waals surface area contributed by atoms with E-state index in [4.69, 9.17) is 4.74 Å². The first-order valence-corrected chi connectivity index (χ1v) is 9.78. The van der Waals surface area contributed by atoms with Gasteiger partial charge in [0, 0.05) is 11.3 Å². The van der Waals surface area contributed by atoms with Crippen molar-refractivity contribution < 1.29 is 17.9 Å². The van der Waals surface area contributed by atoms with Crippen molar-refractivity contribution in [2.75, 3.05) is 12.4 Å². The fourth-order valence-corrected chi connectivity index (χ4v) is 4.40. The average molecular weight is 344 g/mol. The van der Waals surface area contributed by atoms with Gasteiger partial charge >= 0.3 is 5.97 Å². The molecule has 0 aromatic heterocycles. The summed E-state index contributed by atoms with van der Waals surface area (Å²) in [6, 6.07) is 14.4. The Labute approximate surface area is 142 Å². The van der Waals surface area contributed by atoms with Crippen molar-refractivity contribution in [1.82, 2.24) is 0 Å². The predicted octanol–water partition coefficient (Wildman–Crippen LogP) is 3.26. The smallest absolute Gasteiger partial charge is 0.306 e. The number of hydrogen-bond acceptors (Lipinski definition) is 4. The van der Waals surface area contributed by atoms with Crippen LogP contribution in [0.2, 0.25) is 0 Å². The number of aryl methyl sites for hydroxylation is 1. The molecule has 126 valence electrons. The highest BCUT2D eigenvalue weighted by Crippen LogP contribution is 2.20. The lowest BCUT2D eigenvalue weighted by Gasteiger charge is -2.09. The average Bonchev–Trinajstić information content (AvgIpc) is 2.90. The Hall–Kier alpha value is -2.14. The lowest BCUT2D eigenvalue weighted by Crippen LogP contribution is -2.14. The zero-order chi connectivity index (χ0) is 17.0. The van der Waals surface area contributed by atoms with Crippen LogP contribution in [-0.2, 0) is 25.8 Å². The van der Waals surface area contributed by atoms with Gasteiger partial charge in [0.05, 0.1) is 18.8 Å². The van der Waals surface area contributed by atoms with Crippen molar-refractivity contribution in [1.29, 1.82) is 0 Å². The van der Waals surface area contributed by atoms with E-state index in [-0.39, 0.29) is 24.1 Å². The summed E-state index contributed by atoms with van der Waals surface area (Å²) in [5, 5.41) is 3.62. The molecule has 5 heteroatoms. The summed E-state index contributed by atoms with van der Waals surface area (Å²) >= 11 is 0. The number of ether oxygens (including phenoxy) is 1. The topological polar surface area (TPSA) is 60.4 Å². The highest BCUT2D eigenvalue weighted by molar-refractivity contribution is 7.94. The standard InChI is InChI=1S/C19H20O4S/c20-19(13-15-10-12-24(21,22)14-15)23-11-4-8-17-7-3-6-16-5-1-2-9-18(16)17/h1-3,5-7,9-10,12,15H,4,8,11,13-14H2. The Bertz CT molecular complexity index is 863. The van der Waals surface area contributed by atoms with E-state index < -0.39 is 9.84 Å². The molecule has 0 saturated carbocycles. The molecule has 0 bridgehead atoms. The van der Waals surface area contributed by atoms with Crippen LogP contribution in [-0.4, -0.2) is 26.7 Å². The largest absolute Gasteiger partial charge is 0.466 e.